The molecular formula is C13H13ClF17N. The largest absolute Gasteiger partial charge is 1.00 e. The SMILES string of the molecule is C[N+](C)(C)C(F)C(F)(F)C(F)(F)C(F)(F)C(F)(F)C(F)(F)C(F)(F)C(F)C(F)C(F)F.[Cl-]. The number of hydrogen-bond donors (Lipinski definition) is 0. The lowest BCUT2D eigenvalue weighted by molar-refractivity contribution is -0.923. The summed E-state index contributed by atoms with van der Waals surface area (Å²) < 4.78 is 223. The Kier molecular flexibility index (Phi) is 9.36. The topological polar surface area (TPSA) is 0 Å². The van der Waals surface area contributed by atoms with Crippen molar-refractivity contribution < 1.29 is 91.5 Å². The number of quaternary nitrogens is 1. The van der Waals surface area contributed by atoms with Gasteiger partial charge in [-0.3, -0.25) is 4.48 Å². The van der Waals surface area contributed by atoms with E-state index in [-0.39, 0.29) is 12.4 Å². The van der Waals surface area contributed by atoms with Crippen molar-refractivity contribution in [2.75, 3.05) is 21.1 Å². The molecule has 0 aliphatic rings. The van der Waals surface area contributed by atoms with Crippen LogP contribution in [0.1, 0.15) is 0 Å². The number of rotatable bonds is 10. The van der Waals surface area contributed by atoms with Crippen molar-refractivity contribution in [3.8, 4) is 0 Å². The van der Waals surface area contributed by atoms with E-state index in [1.165, 1.54) is 0 Å². The molecule has 196 valence electrons. The molecule has 0 amide bonds. The van der Waals surface area contributed by atoms with E-state index in [1.54, 1.807) is 0 Å². The molecule has 0 aliphatic heterocycles. The number of halogens is 18. The molecule has 0 fully saturated rings. The monoisotopic (exact) mass is 541 g/mol. The molecule has 0 aliphatic carbocycles. The van der Waals surface area contributed by atoms with Crippen LogP contribution in [-0.2, 0) is 0 Å². The van der Waals surface area contributed by atoms with E-state index in [2.05, 4.69) is 0 Å². The molecule has 0 aromatic carbocycles. The number of alkyl halides is 17. The van der Waals surface area contributed by atoms with E-state index >= 15 is 0 Å². The summed E-state index contributed by atoms with van der Waals surface area (Å²) in [5, 5.41) is 0. The number of hydrogen-bond acceptors (Lipinski definition) is 0. The molecule has 0 saturated heterocycles. The second kappa shape index (κ2) is 9.02. The Labute approximate surface area is 174 Å². The van der Waals surface area contributed by atoms with Gasteiger partial charge in [-0.25, -0.2) is 17.6 Å². The van der Waals surface area contributed by atoms with Gasteiger partial charge >= 0.3 is 41.8 Å². The Morgan fingerprint density at radius 1 is 0.500 bits per heavy atom. The normalized spacial score (nSPS) is 18.3. The predicted octanol–water partition coefficient (Wildman–Crippen LogP) is 2.75. The zero-order valence-electron chi connectivity index (χ0n) is 15.6. The van der Waals surface area contributed by atoms with Crippen LogP contribution >= 0.6 is 0 Å². The Hall–Kier alpha value is -0.940. The summed E-state index contributed by atoms with van der Waals surface area (Å²) in [6.45, 7) is 0. The lowest BCUT2D eigenvalue weighted by Gasteiger charge is -2.43. The summed E-state index contributed by atoms with van der Waals surface area (Å²) in [5.74, 6) is -47.0. The van der Waals surface area contributed by atoms with E-state index in [4.69, 9.17) is 0 Å². The third-order valence-electron chi connectivity index (χ3n) is 3.87. The minimum absolute atomic E-state index is 0. The van der Waals surface area contributed by atoms with Gasteiger partial charge in [0.15, 0.2) is 6.17 Å². The van der Waals surface area contributed by atoms with Gasteiger partial charge in [-0.2, -0.15) is 57.1 Å². The van der Waals surface area contributed by atoms with Crippen molar-refractivity contribution in [3.05, 3.63) is 0 Å². The van der Waals surface area contributed by atoms with Crippen molar-refractivity contribution in [1.82, 2.24) is 0 Å². The smallest absolute Gasteiger partial charge is 0.396 e. The summed E-state index contributed by atoms with van der Waals surface area (Å²) in [4.78, 5) is 0. The fourth-order valence-corrected chi connectivity index (χ4v) is 1.95. The first-order valence-corrected chi connectivity index (χ1v) is 7.45. The molecule has 1 nitrogen and oxygen atoms in total. The fraction of sp³-hybridized carbons (Fsp3) is 1.00. The summed E-state index contributed by atoms with van der Waals surface area (Å²) in [7, 11) is 0.896. The molecular weight excluding hydrogens is 529 g/mol. The summed E-state index contributed by atoms with van der Waals surface area (Å²) >= 11 is 0. The molecule has 3 unspecified atom stereocenters. The first kappa shape index (κ1) is 33.2. The van der Waals surface area contributed by atoms with Gasteiger partial charge in [0.2, 0.25) is 6.17 Å². The van der Waals surface area contributed by atoms with Gasteiger partial charge in [-0.15, -0.1) is 0 Å². The minimum atomic E-state index is -8.34. The van der Waals surface area contributed by atoms with Gasteiger partial charge in [0.25, 0.3) is 6.43 Å². The molecule has 0 N–H and O–H groups in total. The van der Waals surface area contributed by atoms with Crippen LogP contribution in [0.25, 0.3) is 0 Å². The lowest BCUT2D eigenvalue weighted by Crippen LogP contribution is -3.00. The van der Waals surface area contributed by atoms with Gasteiger partial charge in [-0.05, 0) is 0 Å². The zero-order valence-corrected chi connectivity index (χ0v) is 16.3. The Morgan fingerprint density at radius 2 is 0.781 bits per heavy atom. The van der Waals surface area contributed by atoms with Crippen molar-refractivity contribution in [2.24, 2.45) is 0 Å². The van der Waals surface area contributed by atoms with Gasteiger partial charge in [-0.1, -0.05) is 0 Å². The summed E-state index contributed by atoms with van der Waals surface area (Å²) in [6, 6.07) is 0. The minimum Gasteiger partial charge on any atom is -1.00 e. The maximum atomic E-state index is 13.6. The van der Waals surface area contributed by atoms with E-state index in [0.717, 1.165) is 0 Å². The molecule has 0 aromatic heterocycles. The summed E-state index contributed by atoms with van der Waals surface area (Å²) in [6.07, 6.45) is -20.1. The molecule has 32 heavy (non-hydrogen) atoms. The van der Waals surface area contributed by atoms with Gasteiger partial charge in [0.1, 0.15) is 0 Å². The van der Waals surface area contributed by atoms with Crippen molar-refractivity contribution >= 4 is 0 Å². The maximum Gasteiger partial charge on any atom is 0.396 e. The third-order valence-corrected chi connectivity index (χ3v) is 3.87. The molecule has 3 atom stereocenters. The Balaban J connectivity index is 0. The standard InChI is InChI=1S/C13H13F17N.ClH/c1-31(2,3)7(18)9(21,22)11(25,26)13(29,30)12(27,28)10(23,24)8(19,20)5(15)4(14)6(16)17;/h4-7H,1-3H3;1H/q+1;/p-1. The van der Waals surface area contributed by atoms with Crippen LogP contribution < -0.4 is 12.4 Å². The van der Waals surface area contributed by atoms with E-state index in [0.29, 0.717) is 21.1 Å². The molecule has 0 radical (unpaired) electrons. The van der Waals surface area contributed by atoms with Crippen LogP contribution in [0.3, 0.4) is 0 Å². The van der Waals surface area contributed by atoms with Crippen molar-refractivity contribution in [3.63, 3.8) is 0 Å². The Morgan fingerprint density at radius 3 is 1.03 bits per heavy atom. The summed E-state index contributed by atoms with van der Waals surface area (Å²) in [5.41, 5.74) is 0. The van der Waals surface area contributed by atoms with Crippen LogP contribution in [0.2, 0.25) is 0 Å². The molecule has 0 saturated carbocycles. The average Bonchev–Trinajstić information content (AvgIpc) is 2.57. The van der Waals surface area contributed by atoms with Gasteiger partial charge in [0, 0.05) is 0 Å². The van der Waals surface area contributed by atoms with Crippen LogP contribution in [0, 0.1) is 0 Å². The van der Waals surface area contributed by atoms with E-state index in [1.807, 2.05) is 0 Å². The second-order valence-corrected chi connectivity index (χ2v) is 7.18. The van der Waals surface area contributed by atoms with E-state index < -0.39 is 65.1 Å². The zero-order chi connectivity index (χ0) is 25.8. The van der Waals surface area contributed by atoms with Crippen LogP contribution in [-0.4, -0.2) is 86.2 Å². The quantitative estimate of drug-likeness (QED) is 0.227. The maximum absolute atomic E-state index is 13.6. The fourth-order valence-electron chi connectivity index (χ4n) is 1.95. The molecule has 0 aromatic rings. The number of nitrogens with zero attached hydrogens (tertiary/aromatic N) is 1. The molecule has 0 spiro atoms. The second-order valence-electron chi connectivity index (χ2n) is 7.18. The molecule has 0 heterocycles. The third kappa shape index (κ3) is 4.66. The van der Waals surface area contributed by atoms with Gasteiger partial charge in [0.05, 0.1) is 21.1 Å². The molecule has 0 bridgehead atoms. The van der Waals surface area contributed by atoms with Crippen LogP contribution in [0.4, 0.5) is 74.6 Å². The van der Waals surface area contributed by atoms with Crippen molar-refractivity contribution in [2.45, 2.75) is 60.6 Å². The first-order chi connectivity index (χ1) is 13.2. The van der Waals surface area contributed by atoms with Crippen LogP contribution in [0.5, 0.6) is 0 Å². The van der Waals surface area contributed by atoms with E-state index in [9.17, 15) is 74.6 Å². The molecule has 19 heteroatoms. The highest BCUT2D eigenvalue weighted by Crippen LogP contribution is 2.61. The van der Waals surface area contributed by atoms with Gasteiger partial charge < -0.3 is 12.4 Å². The highest BCUT2D eigenvalue weighted by atomic mass is 35.5. The highest BCUT2D eigenvalue weighted by Gasteiger charge is 2.92. The average molecular weight is 542 g/mol. The molecule has 0 rings (SSSR count). The van der Waals surface area contributed by atoms with Crippen LogP contribution in [0.15, 0.2) is 0 Å². The first-order valence-electron chi connectivity index (χ1n) is 7.45. The Bertz CT molecular complexity index is 628. The highest BCUT2D eigenvalue weighted by molar-refractivity contribution is 5.14. The predicted molar refractivity (Wildman–Crippen MR) is 68.4 cm³/mol. The van der Waals surface area contributed by atoms with Crippen molar-refractivity contribution in [1.29, 1.82) is 0 Å². The lowest BCUT2D eigenvalue weighted by atomic mass is 9.88.